The minimum Gasteiger partial charge on any atom is -0.310 e. The molecule has 0 saturated carbocycles. The lowest BCUT2D eigenvalue weighted by Gasteiger charge is -2.11. The average molecular weight is 300 g/mol. The average Bonchev–Trinajstić information content (AvgIpc) is 2.66. The normalized spacial score (nSPS) is 11.3. The van der Waals surface area contributed by atoms with Crippen molar-refractivity contribution in [2.45, 2.75) is 33.4 Å². The number of aryl methyl sites for hydroxylation is 1. The highest BCUT2D eigenvalue weighted by atomic mass is 35.5. The van der Waals surface area contributed by atoms with Crippen molar-refractivity contribution in [1.82, 2.24) is 15.1 Å². The van der Waals surface area contributed by atoms with Gasteiger partial charge in [-0.1, -0.05) is 25.4 Å². The van der Waals surface area contributed by atoms with Gasteiger partial charge >= 0.3 is 0 Å². The second kappa shape index (κ2) is 5.89. The minimum atomic E-state index is -0.662. The highest BCUT2D eigenvalue weighted by Gasteiger charge is 2.15. The first-order valence-corrected chi connectivity index (χ1v) is 6.69. The van der Waals surface area contributed by atoms with Crippen molar-refractivity contribution in [1.29, 1.82) is 0 Å². The second-order valence-corrected chi connectivity index (χ2v) is 5.36. The molecule has 0 saturated heterocycles. The van der Waals surface area contributed by atoms with Crippen molar-refractivity contribution >= 4 is 11.6 Å². The van der Waals surface area contributed by atoms with E-state index < -0.39 is 11.6 Å². The van der Waals surface area contributed by atoms with Gasteiger partial charge < -0.3 is 5.32 Å². The molecule has 2 aromatic rings. The number of rotatable bonds is 4. The summed E-state index contributed by atoms with van der Waals surface area (Å²) in [4.78, 5) is 0. The molecule has 1 aromatic heterocycles. The second-order valence-electron chi connectivity index (χ2n) is 4.95. The number of aromatic nitrogens is 2. The molecule has 0 radical (unpaired) electrons. The quantitative estimate of drug-likeness (QED) is 0.934. The third kappa shape index (κ3) is 3.16. The van der Waals surface area contributed by atoms with Gasteiger partial charge in [-0.25, -0.2) is 13.5 Å². The Balaban J connectivity index is 2.36. The molecule has 0 aliphatic heterocycles. The van der Waals surface area contributed by atoms with Gasteiger partial charge in [-0.15, -0.1) is 0 Å². The summed E-state index contributed by atoms with van der Waals surface area (Å²) >= 11 is 5.86. The third-order valence-electron chi connectivity index (χ3n) is 2.86. The van der Waals surface area contributed by atoms with Gasteiger partial charge in [0.15, 0.2) is 11.6 Å². The van der Waals surface area contributed by atoms with E-state index in [1.165, 1.54) is 18.3 Å². The highest BCUT2D eigenvalue weighted by Crippen LogP contribution is 2.22. The summed E-state index contributed by atoms with van der Waals surface area (Å²) in [5.74, 6) is -1.32. The van der Waals surface area contributed by atoms with Crippen molar-refractivity contribution in [2.75, 3.05) is 0 Å². The van der Waals surface area contributed by atoms with Crippen LogP contribution in [0.25, 0.3) is 5.69 Å². The zero-order valence-electron chi connectivity index (χ0n) is 11.5. The number of halogens is 3. The van der Waals surface area contributed by atoms with E-state index in [4.69, 9.17) is 11.6 Å². The zero-order valence-corrected chi connectivity index (χ0v) is 12.3. The first-order chi connectivity index (χ1) is 9.38. The molecule has 0 amide bonds. The number of nitrogens with zero attached hydrogens (tertiary/aromatic N) is 2. The van der Waals surface area contributed by atoms with Crippen LogP contribution in [0.15, 0.2) is 18.3 Å². The van der Waals surface area contributed by atoms with Crippen LogP contribution in [-0.4, -0.2) is 15.8 Å². The molecule has 108 valence electrons. The van der Waals surface area contributed by atoms with Gasteiger partial charge in [-0.05, 0) is 24.6 Å². The van der Waals surface area contributed by atoms with E-state index in [9.17, 15) is 8.78 Å². The Morgan fingerprint density at radius 1 is 1.30 bits per heavy atom. The van der Waals surface area contributed by atoms with Crippen LogP contribution in [-0.2, 0) is 6.54 Å². The van der Waals surface area contributed by atoms with Crippen molar-refractivity contribution in [3.05, 3.63) is 46.2 Å². The monoisotopic (exact) mass is 299 g/mol. The van der Waals surface area contributed by atoms with Crippen LogP contribution in [0.3, 0.4) is 0 Å². The standard InChI is InChI=1S/C14H16ClF2N3/c1-8(2)18-6-10-4-12(16)14(13(17)5-10)20-7-11(15)9(3)19-20/h4-5,7-8,18H,6H2,1-3H3. The summed E-state index contributed by atoms with van der Waals surface area (Å²) in [7, 11) is 0. The number of benzene rings is 1. The van der Waals surface area contributed by atoms with E-state index in [0.29, 0.717) is 22.8 Å². The Bertz CT molecular complexity index is 580. The number of hydrogen-bond acceptors (Lipinski definition) is 2. The predicted molar refractivity (Wildman–Crippen MR) is 75.2 cm³/mol. The van der Waals surface area contributed by atoms with E-state index in [1.54, 1.807) is 6.92 Å². The highest BCUT2D eigenvalue weighted by molar-refractivity contribution is 6.31. The fraction of sp³-hybridized carbons (Fsp3) is 0.357. The van der Waals surface area contributed by atoms with E-state index in [1.807, 2.05) is 13.8 Å². The van der Waals surface area contributed by atoms with Crippen molar-refractivity contribution in [2.24, 2.45) is 0 Å². The molecule has 0 fully saturated rings. The molecule has 0 aliphatic rings. The predicted octanol–water partition coefficient (Wildman–Crippen LogP) is 3.61. The molecule has 1 heterocycles. The fourth-order valence-electron chi connectivity index (χ4n) is 1.81. The summed E-state index contributed by atoms with van der Waals surface area (Å²) in [6.45, 7) is 6.02. The van der Waals surface area contributed by atoms with Crippen molar-refractivity contribution in [3.63, 3.8) is 0 Å². The van der Waals surface area contributed by atoms with Crippen LogP contribution in [0.2, 0.25) is 5.02 Å². The molecule has 1 N–H and O–H groups in total. The lowest BCUT2D eigenvalue weighted by Crippen LogP contribution is -2.22. The van der Waals surface area contributed by atoms with Crippen molar-refractivity contribution < 1.29 is 8.78 Å². The van der Waals surface area contributed by atoms with Crippen LogP contribution in [0, 0.1) is 18.6 Å². The van der Waals surface area contributed by atoms with Gasteiger partial charge in [-0.3, -0.25) is 0 Å². The van der Waals surface area contributed by atoms with Crippen LogP contribution in [0.4, 0.5) is 8.78 Å². The maximum Gasteiger partial charge on any atom is 0.152 e. The Morgan fingerprint density at radius 2 is 1.90 bits per heavy atom. The fourth-order valence-corrected chi connectivity index (χ4v) is 1.94. The lowest BCUT2D eigenvalue weighted by atomic mass is 10.1. The molecule has 20 heavy (non-hydrogen) atoms. The molecule has 6 heteroatoms. The van der Waals surface area contributed by atoms with Gasteiger partial charge in [0.1, 0.15) is 5.69 Å². The van der Waals surface area contributed by atoms with Crippen LogP contribution in [0.5, 0.6) is 0 Å². The summed E-state index contributed by atoms with van der Waals surface area (Å²) < 4.78 is 29.3. The molecular weight excluding hydrogens is 284 g/mol. The molecule has 0 atom stereocenters. The molecule has 2 rings (SSSR count). The van der Waals surface area contributed by atoms with Crippen LogP contribution >= 0.6 is 11.6 Å². The maximum atomic E-state index is 14.1. The Labute approximate surface area is 121 Å². The Kier molecular flexibility index (Phi) is 4.40. The van der Waals surface area contributed by atoms with Crippen molar-refractivity contribution in [3.8, 4) is 5.69 Å². The van der Waals surface area contributed by atoms with E-state index >= 15 is 0 Å². The van der Waals surface area contributed by atoms with Gasteiger partial charge in [0, 0.05) is 18.8 Å². The zero-order chi connectivity index (χ0) is 14.9. The molecule has 0 unspecified atom stereocenters. The van der Waals surface area contributed by atoms with Crippen LogP contribution < -0.4 is 5.32 Å². The molecular formula is C14H16ClF2N3. The SMILES string of the molecule is Cc1nn(-c2c(F)cc(CNC(C)C)cc2F)cc1Cl. The minimum absolute atomic E-state index is 0.215. The van der Waals surface area contributed by atoms with Gasteiger partial charge in [-0.2, -0.15) is 5.10 Å². The summed E-state index contributed by atoms with van der Waals surface area (Å²) in [6.07, 6.45) is 1.39. The Hall–Kier alpha value is -1.46. The largest absolute Gasteiger partial charge is 0.310 e. The molecule has 0 bridgehead atoms. The molecule has 1 aromatic carbocycles. The maximum absolute atomic E-state index is 14.1. The number of nitrogens with one attached hydrogen (secondary N) is 1. The first-order valence-electron chi connectivity index (χ1n) is 6.32. The topological polar surface area (TPSA) is 29.9 Å². The van der Waals surface area contributed by atoms with Gasteiger partial charge in [0.25, 0.3) is 0 Å². The summed E-state index contributed by atoms with van der Waals surface area (Å²) in [6, 6.07) is 2.85. The lowest BCUT2D eigenvalue weighted by molar-refractivity contribution is 0.545. The molecule has 0 spiro atoms. The smallest absolute Gasteiger partial charge is 0.152 e. The molecule has 3 nitrogen and oxygen atoms in total. The third-order valence-corrected chi connectivity index (χ3v) is 3.23. The number of hydrogen-bond donors (Lipinski definition) is 1. The van der Waals surface area contributed by atoms with Gasteiger partial charge in [0.05, 0.1) is 10.7 Å². The van der Waals surface area contributed by atoms with Crippen LogP contribution in [0.1, 0.15) is 25.1 Å². The van der Waals surface area contributed by atoms with E-state index in [0.717, 1.165) is 4.68 Å². The van der Waals surface area contributed by atoms with E-state index in [2.05, 4.69) is 10.4 Å². The summed E-state index contributed by atoms with van der Waals surface area (Å²) in [5, 5.41) is 7.48. The van der Waals surface area contributed by atoms with E-state index in [-0.39, 0.29) is 11.7 Å². The first kappa shape index (κ1) is 14.9. The summed E-state index contributed by atoms with van der Waals surface area (Å²) in [5.41, 5.74) is 0.858. The molecule has 0 aliphatic carbocycles. The Morgan fingerprint density at radius 3 is 2.35 bits per heavy atom. The van der Waals surface area contributed by atoms with Gasteiger partial charge in [0.2, 0.25) is 0 Å².